The van der Waals surface area contributed by atoms with Crippen molar-refractivity contribution in [1.82, 2.24) is 24.6 Å². The molecule has 150 valence electrons. The number of aromatic nitrogens is 4. The van der Waals surface area contributed by atoms with E-state index in [1.54, 1.807) is 28.6 Å². The van der Waals surface area contributed by atoms with E-state index in [4.69, 9.17) is 15.6 Å². The zero-order valence-electron chi connectivity index (χ0n) is 16.2. The summed E-state index contributed by atoms with van der Waals surface area (Å²) in [7, 11) is 1.41. The second-order valence-corrected chi connectivity index (χ2v) is 7.07. The highest BCUT2D eigenvalue weighted by Gasteiger charge is 2.31. The Morgan fingerprint density at radius 3 is 2.86 bits per heavy atom. The minimum Gasteiger partial charge on any atom is -0.494 e. The summed E-state index contributed by atoms with van der Waals surface area (Å²) in [6, 6.07) is 4.53. The average molecular weight is 396 g/mol. The third-order valence-corrected chi connectivity index (χ3v) is 5.10. The van der Waals surface area contributed by atoms with E-state index >= 15 is 0 Å². The number of carbonyl (C=O) groups excluding carboxylic acids is 1. The topological polar surface area (TPSA) is 99.2 Å². The fourth-order valence-electron chi connectivity index (χ4n) is 3.66. The van der Waals surface area contributed by atoms with Crippen molar-refractivity contribution in [2.24, 2.45) is 0 Å². The maximum absolute atomic E-state index is 14.3. The molecule has 0 saturated carbocycles. The number of ether oxygens (including phenoxy) is 1. The van der Waals surface area contributed by atoms with Gasteiger partial charge in [-0.3, -0.25) is 4.79 Å². The zero-order valence-corrected chi connectivity index (χ0v) is 16.2. The first-order valence-corrected chi connectivity index (χ1v) is 9.18. The number of halogens is 1. The Labute approximate surface area is 166 Å². The molecule has 1 fully saturated rings. The van der Waals surface area contributed by atoms with Gasteiger partial charge >= 0.3 is 0 Å². The van der Waals surface area contributed by atoms with Crippen LogP contribution in [-0.4, -0.2) is 50.8 Å². The molecule has 4 rings (SSSR count). The van der Waals surface area contributed by atoms with E-state index in [0.29, 0.717) is 41.0 Å². The van der Waals surface area contributed by atoms with Crippen molar-refractivity contribution in [3.8, 4) is 17.0 Å². The quantitative estimate of drug-likeness (QED) is 0.681. The van der Waals surface area contributed by atoms with Crippen LogP contribution in [0.15, 0.2) is 36.7 Å². The van der Waals surface area contributed by atoms with E-state index in [-0.39, 0.29) is 23.5 Å². The summed E-state index contributed by atoms with van der Waals surface area (Å²) < 4.78 is 21.0. The largest absolute Gasteiger partial charge is 0.494 e. The number of benzene rings is 1. The van der Waals surface area contributed by atoms with E-state index < -0.39 is 5.82 Å². The molecule has 0 spiro atoms. The van der Waals surface area contributed by atoms with Crippen molar-refractivity contribution in [1.29, 1.82) is 0 Å². The lowest BCUT2D eigenvalue weighted by atomic mass is 10.1. The number of nitrogen functional groups attached to an aromatic ring is 1. The predicted octanol–water partition coefficient (Wildman–Crippen LogP) is 2.57. The maximum Gasteiger partial charge on any atom is 0.248 e. The minimum absolute atomic E-state index is 0.0736. The summed E-state index contributed by atoms with van der Waals surface area (Å²) in [5, 5.41) is 5.26. The number of likely N-dealkylation sites (tertiary alicyclic amines) is 1. The van der Waals surface area contributed by atoms with Gasteiger partial charge in [-0.05, 0) is 31.5 Å². The Bertz CT molecular complexity index is 1130. The molecule has 1 unspecified atom stereocenters. The van der Waals surface area contributed by atoms with E-state index in [1.807, 2.05) is 0 Å². The van der Waals surface area contributed by atoms with Gasteiger partial charge in [0.15, 0.2) is 17.2 Å². The number of amides is 1. The van der Waals surface area contributed by atoms with E-state index in [9.17, 15) is 9.18 Å². The third-order valence-electron chi connectivity index (χ3n) is 5.10. The smallest absolute Gasteiger partial charge is 0.248 e. The van der Waals surface area contributed by atoms with Crippen LogP contribution in [0.3, 0.4) is 0 Å². The molecule has 1 amide bonds. The van der Waals surface area contributed by atoms with Gasteiger partial charge in [-0.15, -0.1) is 0 Å². The summed E-state index contributed by atoms with van der Waals surface area (Å²) in [4.78, 5) is 22.4. The third kappa shape index (κ3) is 3.18. The van der Waals surface area contributed by atoms with Crippen LogP contribution in [-0.2, 0) is 4.79 Å². The first-order valence-electron chi connectivity index (χ1n) is 9.18. The molecule has 2 N–H and O–H groups in total. The number of nitrogens with two attached hydrogens (primary N) is 1. The number of rotatable bonds is 4. The van der Waals surface area contributed by atoms with E-state index in [0.717, 1.165) is 6.42 Å². The van der Waals surface area contributed by atoms with Crippen molar-refractivity contribution in [2.45, 2.75) is 19.4 Å². The van der Waals surface area contributed by atoms with Crippen molar-refractivity contribution >= 4 is 22.8 Å². The van der Waals surface area contributed by atoms with Crippen LogP contribution in [0.4, 0.5) is 10.2 Å². The van der Waals surface area contributed by atoms with Gasteiger partial charge in [-0.2, -0.15) is 5.10 Å². The Morgan fingerprint density at radius 2 is 2.17 bits per heavy atom. The molecule has 1 saturated heterocycles. The van der Waals surface area contributed by atoms with Gasteiger partial charge in [0.25, 0.3) is 0 Å². The number of hydrogen-bond donors (Lipinski definition) is 1. The average Bonchev–Trinajstić information content (AvgIpc) is 3.32. The normalized spacial score (nSPS) is 16.4. The Kier molecular flexibility index (Phi) is 4.65. The summed E-state index contributed by atoms with van der Waals surface area (Å²) in [5.74, 6) is -0.162. The summed E-state index contributed by atoms with van der Waals surface area (Å²) in [6.07, 6.45) is 2.09. The number of hydrogen-bond acceptors (Lipinski definition) is 6. The van der Waals surface area contributed by atoms with Crippen molar-refractivity contribution in [3.05, 3.63) is 42.5 Å². The van der Waals surface area contributed by atoms with Crippen LogP contribution in [0.25, 0.3) is 22.3 Å². The van der Waals surface area contributed by atoms with Gasteiger partial charge < -0.3 is 15.4 Å². The monoisotopic (exact) mass is 396 g/mol. The Morgan fingerprint density at radius 1 is 1.38 bits per heavy atom. The number of anilines is 1. The fraction of sp³-hybridized carbons (Fsp3) is 0.300. The van der Waals surface area contributed by atoms with Crippen molar-refractivity contribution < 1.29 is 13.9 Å². The molecule has 1 aliphatic rings. The number of nitrogens with zero attached hydrogens (tertiary/aromatic N) is 5. The molecule has 1 aromatic carbocycles. The van der Waals surface area contributed by atoms with Gasteiger partial charge in [-0.25, -0.2) is 19.0 Å². The molecule has 0 radical (unpaired) electrons. The second kappa shape index (κ2) is 7.16. The SMILES string of the molecule is C=C(C)C(=O)N1CCC(n2nc(-c3ccc(OC)c(F)c3)c3c(N)ncnc32)C1. The molecule has 0 aliphatic carbocycles. The number of fused-ring (bicyclic) bond motifs is 1. The van der Waals surface area contributed by atoms with Gasteiger partial charge in [0.2, 0.25) is 5.91 Å². The van der Waals surface area contributed by atoms with Crippen LogP contribution in [0.2, 0.25) is 0 Å². The van der Waals surface area contributed by atoms with Crippen molar-refractivity contribution in [2.75, 3.05) is 25.9 Å². The lowest BCUT2D eigenvalue weighted by Crippen LogP contribution is -2.29. The molecular weight excluding hydrogens is 375 g/mol. The highest BCUT2D eigenvalue weighted by atomic mass is 19.1. The van der Waals surface area contributed by atoms with Crippen LogP contribution >= 0.6 is 0 Å². The molecule has 3 heterocycles. The number of methoxy groups -OCH3 is 1. The lowest BCUT2D eigenvalue weighted by Gasteiger charge is -2.16. The fourth-order valence-corrected chi connectivity index (χ4v) is 3.66. The van der Waals surface area contributed by atoms with Gasteiger partial charge in [0.05, 0.1) is 18.5 Å². The van der Waals surface area contributed by atoms with E-state index in [1.165, 1.54) is 19.5 Å². The second-order valence-electron chi connectivity index (χ2n) is 7.07. The highest BCUT2D eigenvalue weighted by molar-refractivity contribution is 5.98. The van der Waals surface area contributed by atoms with Crippen molar-refractivity contribution in [3.63, 3.8) is 0 Å². The standard InChI is InChI=1S/C20H21FN6O2/c1-11(2)20(28)26-7-6-13(9-26)27-19-16(18(22)23-10-24-19)17(25-27)12-4-5-15(29-3)14(21)8-12/h4-5,8,10,13H,1,6-7,9H2,2-3H3,(H2,22,23,24). The van der Waals surface area contributed by atoms with Crippen LogP contribution < -0.4 is 10.5 Å². The summed E-state index contributed by atoms with van der Waals surface area (Å²) in [6.45, 7) is 6.52. The van der Waals surface area contributed by atoms with Gasteiger partial charge in [-0.1, -0.05) is 6.58 Å². The first kappa shape index (κ1) is 18.9. The Hall–Kier alpha value is -3.49. The molecule has 29 heavy (non-hydrogen) atoms. The van der Waals surface area contributed by atoms with Gasteiger partial charge in [0.1, 0.15) is 17.8 Å². The van der Waals surface area contributed by atoms with Gasteiger partial charge in [0, 0.05) is 24.2 Å². The summed E-state index contributed by atoms with van der Waals surface area (Å²) >= 11 is 0. The summed E-state index contributed by atoms with van der Waals surface area (Å²) in [5.41, 5.74) is 8.20. The molecular formula is C20H21FN6O2. The predicted molar refractivity (Wildman–Crippen MR) is 107 cm³/mol. The molecule has 8 nitrogen and oxygen atoms in total. The van der Waals surface area contributed by atoms with Crippen LogP contribution in [0, 0.1) is 5.82 Å². The molecule has 1 atom stereocenters. The van der Waals surface area contributed by atoms with E-state index in [2.05, 4.69) is 16.5 Å². The molecule has 9 heteroatoms. The number of carbonyl (C=O) groups is 1. The first-order chi connectivity index (χ1) is 13.9. The maximum atomic E-state index is 14.3. The lowest BCUT2D eigenvalue weighted by molar-refractivity contribution is -0.126. The van der Waals surface area contributed by atoms with Crippen LogP contribution in [0.1, 0.15) is 19.4 Å². The highest BCUT2D eigenvalue weighted by Crippen LogP contribution is 2.35. The molecule has 1 aliphatic heterocycles. The molecule has 2 aromatic heterocycles. The van der Waals surface area contributed by atoms with Crippen LogP contribution in [0.5, 0.6) is 5.75 Å². The molecule has 0 bridgehead atoms. The molecule has 3 aromatic rings. The minimum atomic E-state index is -0.498. The Balaban J connectivity index is 1.80. The zero-order chi connectivity index (χ0) is 20.7.